The molecule has 0 saturated carbocycles. The van der Waals surface area contributed by atoms with Crippen LogP contribution in [0.5, 0.6) is 0 Å². The van der Waals surface area contributed by atoms with Crippen molar-refractivity contribution >= 4 is 28.8 Å². The van der Waals surface area contributed by atoms with Gasteiger partial charge in [0, 0.05) is 12.7 Å². The van der Waals surface area contributed by atoms with Gasteiger partial charge in [-0.2, -0.15) is 0 Å². The van der Waals surface area contributed by atoms with E-state index < -0.39 is 0 Å². The van der Waals surface area contributed by atoms with Crippen molar-refractivity contribution in [3.63, 3.8) is 0 Å². The van der Waals surface area contributed by atoms with Gasteiger partial charge in [0.15, 0.2) is 0 Å². The molecule has 0 unspecified atom stereocenters. The highest BCUT2D eigenvalue weighted by Crippen LogP contribution is 2.17. The highest BCUT2D eigenvalue weighted by Gasteiger charge is 2.19. The molecule has 2 aromatic rings. The number of hydrogen-bond donors (Lipinski definition) is 0. The Morgan fingerprint density at radius 1 is 1.44 bits per heavy atom. The van der Waals surface area contributed by atoms with Gasteiger partial charge in [-0.05, 0) is 30.7 Å². The zero-order valence-electron chi connectivity index (χ0n) is 9.71. The molecule has 2 aromatic heterocycles. The second kappa shape index (κ2) is 5.88. The summed E-state index contributed by atoms with van der Waals surface area (Å²) in [4.78, 5) is 18.0. The number of hydrogen-bond acceptors (Lipinski definition) is 5. The van der Waals surface area contributed by atoms with Gasteiger partial charge in [-0.3, -0.25) is 9.78 Å². The highest BCUT2D eigenvalue weighted by atomic mass is 35.5. The van der Waals surface area contributed by atoms with E-state index in [0.29, 0.717) is 18.1 Å². The molecule has 7 heteroatoms. The third kappa shape index (κ3) is 3.02. The van der Waals surface area contributed by atoms with Crippen molar-refractivity contribution in [1.82, 2.24) is 20.1 Å². The molecular formula is C11H11ClN4OS. The maximum Gasteiger partial charge on any atom is 0.285 e. The lowest BCUT2D eigenvalue weighted by Gasteiger charge is -2.18. The quantitative estimate of drug-likeness (QED) is 0.863. The molecule has 0 bridgehead atoms. The number of aromatic nitrogens is 3. The Kier molecular flexibility index (Phi) is 4.22. The summed E-state index contributed by atoms with van der Waals surface area (Å²) < 4.78 is 0.271. The van der Waals surface area contributed by atoms with Gasteiger partial charge in [-0.25, -0.2) is 0 Å². The highest BCUT2D eigenvalue weighted by molar-refractivity contribution is 7.17. The number of pyridine rings is 1. The van der Waals surface area contributed by atoms with Crippen molar-refractivity contribution in [2.75, 3.05) is 6.54 Å². The van der Waals surface area contributed by atoms with Crippen LogP contribution in [0.2, 0.25) is 4.47 Å². The average Bonchev–Trinajstić information content (AvgIpc) is 2.83. The summed E-state index contributed by atoms with van der Waals surface area (Å²) in [5, 5.41) is 7.69. The lowest BCUT2D eigenvalue weighted by atomic mass is 10.3. The molecule has 0 saturated heterocycles. The zero-order valence-corrected chi connectivity index (χ0v) is 11.3. The van der Waals surface area contributed by atoms with E-state index in [1.165, 1.54) is 0 Å². The fourth-order valence-corrected chi connectivity index (χ4v) is 2.24. The number of amides is 1. The molecule has 0 radical (unpaired) electrons. The van der Waals surface area contributed by atoms with Crippen molar-refractivity contribution < 1.29 is 4.79 Å². The van der Waals surface area contributed by atoms with Gasteiger partial charge in [0.05, 0.1) is 12.2 Å². The molecule has 5 nitrogen and oxygen atoms in total. The molecule has 1 amide bonds. The number of rotatable bonds is 4. The van der Waals surface area contributed by atoms with Crippen LogP contribution in [0.4, 0.5) is 0 Å². The topological polar surface area (TPSA) is 59.0 Å². The minimum atomic E-state index is -0.174. The molecule has 0 fully saturated rings. The third-order valence-corrected chi connectivity index (χ3v) is 3.34. The molecule has 0 aliphatic rings. The van der Waals surface area contributed by atoms with Gasteiger partial charge in [-0.15, -0.1) is 10.2 Å². The molecule has 94 valence electrons. The number of halogens is 1. The van der Waals surface area contributed by atoms with Gasteiger partial charge < -0.3 is 4.90 Å². The monoisotopic (exact) mass is 282 g/mol. The van der Waals surface area contributed by atoms with Crippen LogP contribution in [-0.4, -0.2) is 32.5 Å². The van der Waals surface area contributed by atoms with Gasteiger partial charge >= 0.3 is 0 Å². The van der Waals surface area contributed by atoms with Crippen molar-refractivity contribution in [3.8, 4) is 0 Å². The van der Waals surface area contributed by atoms with Crippen LogP contribution in [0.3, 0.4) is 0 Å². The smallest absolute Gasteiger partial charge is 0.285 e. The minimum absolute atomic E-state index is 0.174. The summed E-state index contributed by atoms with van der Waals surface area (Å²) in [6, 6.07) is 5.61. The second-order valence-corrected chi connectivity index (χ2v) is 5.06. The molecule has 0 aliphatic carbocycles. The van der Waals surface area contributed by atoms with Crippen LogP contribution in [-0.2, 0) is 6.54 Å². The first kappa shape index (κ1) is 12.9. The first-order valence-corrected chi connectivity index (χ1v) is 6.58. The third-order valence-electron chi connectivity index (χ3n) is 2.33. The Morgan fingerprint density at radius 2 is 2.28 bits per heavy atom. The molecule has 18 heavy (non-hydrogen) atoms. The lowest BCUT2D eigenvalue weighted by Crippen LogP contribution is -2.30. The number of nitrogens with zero attached hydrogens (tertiary/aromatic N) is 4. The Labute approximate surface area is 113 Å². The SMILES string of the molecule is CCN(Cc1ccccn1)C(=O)c1nnc(Cl)s1. The predicted octanol–water partition coefficient (Wildman–Crippen LogP) is 2.25. The number of carbonyl (C=O) groups excluding carboxylic acids is 1. The maximum atomic E-state index is 12.1. The van der Waals surface area contributed by atoms with Crippen molar-refractivity contribution in [2.24, 2.45) is 0 Å². The molecule has 0 aromatic carbocycles. The first-order chi connectivity index (χ1) is 8.70. The predicted molar refractivity (Wildman–Crippen MR) is 69.6 cm³/mol. The van der Waals surface area contributed by atoms with E-state index in [1.54, 1.807) is 11.1 Å². The van der Waals surface area contributed by atoms with Crippen molar-refractivity contribution in [3.05, 3.63) is 39.6 Å². The van der Waals surface area contributed by atoms with Crippen LogP contribution in [0.1, 0.15) is 22.4 Å². The van der Waals surface area contributed by atoms with E-state index in [4.69, 9.17) is 11.6 Å². The summed E-state index contributed by atoms with van der Waals surface area (Å²) in [6.07, 6.45) is 1.70. The summed E-state index contributed by atoms with van der Waals surface area (Å²) in [5.41, 5.74) is 0.836. The zero-order chi connectivity index (χ0) is 13.0. The van der Waals surface area contributed by atoms with E-state index in [-0.39, 0.29) is 10.4 Å². The summed E-state index contributed by atoms with van der Waals surface area (Å²) in [5.74, 6) is -0.174. The Morgan fingerprint density at radius 3 is 2.83 bits per heavy atom. The lowest BCUT2D eigenvalue weighted by molar-refractivity contribution is 0.0749. The van der Waals surface area contributed by atoms with E-state index in [1.807, 2.05) is 25.1 Å². The van der Waals surface area contributed by atoms with Crippen LogP contribution < -0.4 is 0 Å². The summed E-state index contributed by atoms with van der Waals surface area (Å²) >= 11 is 6.76. The first-order valence-electron chi connectivity index (χ1n) is 5.39. The Hall–Kier alpha value is -1.53. The summed E-state index contributed by atoms with van der Waals surface area (Å²) in [7, 11) is 0. The van der Waals surface area contributed by atoms with Gasteiger partial charge in [0.2, 0.25) is 9.47 Å². The molecule has 0 N–H and O–H groups in total. The van der Waals surface area contributed by atoms with Crippen LogP contribution in [0.25, 0.3) is 0 Å². The van der Waals surface area contributed by atoms with Crippen LogP contribution in [0.15, 0.2) is 24.4 Å². The fourth-order valence-electron chi connectivity index (χ4n) is 1.44. The normalized spacial score (nSPS) is 10.3. The van der Waals surface area contributed by atoms with E-state index >= 15 is 0 Å². The largest absolute Gasteiger partial charge is 0.331 e. The average molecular weight is 283 g/mol. The molecule has 2 rings (SSSR count). The van der Waals surface area contributed by atoms with Gasteiger partial charge in [-0.1, -0.05) is 17.4 Å². The number of carbonyl (C=O) groups is 1. The van der Waals surface area contributed by atoms with Gasteiger partial charge in [0.1, 0.15) is 0 Å². The Bertz CT molecular complexity index is 531. The maximum absolute atomic E-state index is 12.1. The van der Waals surface area contributed by atoms with E-state index in [2.05, 4.69) is 15.2 Å². The van der Waals surface area contributed by atoms with E-state index in [0.717, 1.165) is 17.0 Å². The van der Waals surface area contributed by atoms with Crippen molar-refractivity contribution in [2.45, 2.75) is 13.5 Å². The molecule has 0 aliphatic heterocycles. The van der Waals surface area contributed by atoms with Crippen LogP contribution in [0, 0.1) is 0 Å². The Balaban J connectivity index is 2.12. The molecular weight excluding hydrogens is 272 g/mol. The second-order valence-electron chi connectivity index (χ2n) is 3.50. The molecule has 2 heterocycles. The van der Waals surface area contributed by atoms with Gasteiger partial charge in [0.25, 0.3) is 5.91 Å². The standard InChI is InChI=1S/C11H11ClN4OS/c1-2-16(7-8-5-3-4-6-13-8)10(17)9-14-15-11(12)18-9/h3-6H,2,7H2,1H3. The fraction of sp³-hybridized carbons (Fsp3) is 0.273. The molecule has 0 spiro atoms. The van der Waals surface area contributed by atoms with E-state index in [9.17, 15) is 4.79 Å². The van der Waals surface area contributed by atoms with Crippen molar-refractivity contribution in [1.29, 1.82) is 0 Å². The minimum Gasteiger partial charge on any atom is -0.331 e. The molecule has 0 atom stereocenters. The van der Waals surface area contributed by atoms with Crippen LogP contribution >= 0.6 is 22.9 Å². The summed E-state index contributed by atoms with van der Waals surface area (Å²) in [6.45, 7) is 2.93.